The maximum absolute atomic E-state index is 12.0. The topological polar surface area (TPSA) is 64.3 Å². The Morgan fingerprint density at radius 2 is 2.26 bits per heavy atom. The molecule has 0 bridgehead atoms. The van der Waals surface area contributed by atoms with E-state index in [9.17, 15) is 13.6 Å². The number of carbonyl (C=O) groups excluding carboxylic acids is 1. The molecule has 0 aliphatic rings. The van der Waals surface area contributed by atoms with Gasteiger partial charge in [-0.1, -0.05) is 11.8 Å². The lowest BCUT2D eigenvalue weighted by Gasteiger charge is -2.07. The van der Waals surface area contributed by atoms with E-state index in [1.807, 2.05) is 0 Å². The number of halogens is 2. The molecule has 0 radical (unpaired) electrons. The van der Waals surface area contributed by atoms with Crippen LogP contribution in [0.15, 0.2) is 18.2 Å². The first-order valence-electron chi connectivity index (χ1n) is 5.51. The van der Waals surface area contributed by atoms with Crippen LogP contribution in [0.1, 0.15) is 15.9 Å². The van der Waals surface area contributed by atoms with Gasteiger partial charge in [-0.05, 0) is 18.2 Å². The molecule has 4 nitrogen and oxygen atoms in total. The van der Waals surface area contributed by atoms with Crippen LogP contribution in [-0.4, -0.2) is 32.5 Å². The van der Waals surface area contributed by atoms with Crippen LogP contribution in [0.4, 0.5) is 8.78 Å². The van der Waals surface area contributed by atoms with E-state index in [2.05, 4.69) is 17.2 Å². The van der Waals surface area contributed by atoms with Gasteiger partial charge in [-0.2, -0.15) is 0 Å². The van der Waals surface area contributed by atoms with E-state index < -0.39 is 18.9 Å². The Labute approximate surface area is 109 Å². The molecule has 0 aromatic heterocycles. The molecular formula is C13H14F2N2O2. The standard InChI is InChI=1S/C13H14F2N2O2/c1-19-11-5-4-10(7-9(11)3-2-6-16)13(18)17-8-12(14)15/h4-5,7,12H,6,8,16H2,1H3,(H,17,18). The molecule has 1 aromatic carbocycles. The summed E-state index contributed by atoms with van der Waals surface area (Å²) in [5, 5.41) is 2.12. The van der Waals surface area contributed by atoms with E-state index in [-0.39, 0.29) is 12.1 Å². The quantitative estimate of drug-likeness (QED) is 0.801. The Kier molecular flexibility index (Phi) is 5.76. The third-order valence-corrected chi connectivity index (χ3v) is 2.20. The van der Waals surface area contributed by atoms with E-state index in [1.165, 1.54) is 19.2 Å². The lowest BCUT2D eigenvalue weighted by molar-refractivity contribution is 0.0891. The summed E-state index contributed by atoms with van der Waals surface area (Å²) in [6.07, 6.45) is -2.58. The molecule has 0 saturated heterocycles. The van der Waals surface area contributed by atoms with Crippen LogP contribution >= 0.6 is 0 Å². The zero-order valence-electron chi connectivity index (χ0n) is 10.4. The molecule has 0 saturated carbocycles. The van der Waals surface area contributed by atoms with Crippen LogP contribution in [0.2, 0.25) is 0 Å². The molecule has 0 atom stereocenters. The fourth-order valence-corrected chi connectivity index (χ4v) is 1.37. The third-order valence-electron chi connectivity index (χ3n) is 2.20. The number of hydrogen-bond acceptors (Lipinski definition) is 3. The van der Waals surface area contributed by atoms with Gasteiger partial charge in [0.15, 0.2) is 0 Å². The van der Waals surface area contributed by atoms with E-state index in [0.29, 0.717) is 11.3 Å². The number of methoxy groups -OCH3 is 1. The minimum Gasteiger partial charge on any atom is -0.495 e. The molecule has 1 aromatic rings. The highest BCUT2D eigenvalue weighted by molar-refractivity contribution is 5.94. The minimum atomic E-state index is -2.58. The number of nitrogens with two attached hydrogens (primary N) is 1. The zero-order chi connectivity index (χ0) is 14.3. The van der Waals surface area contributed by atoms with Crippen LogP contribution in [0, 0.1) is 11.8 Å². The number of hydrogen-bond donors (Lipinski definition) is 2. The van der Waals surface area contributed by atoms with E-state index in [1.54, 1.807) is 6.07 Å². The fourth-order valence-electron chi connectivity index (χ4n) is 1.37. The van der Waals surface area contributed by atoms with Gasteiger partial charge in [0, 0.05) is 5.56 Å². The van der Waals surface area contributed by atoms with Gasteiger partial charge in [-0.3, -0.25) is 4.79 Å². The molecule has 3 N–H and O–H groups in total. The van der Waals surface area contributed by atoms with E-state index >= 15 is 0 Å². The van der Waals surface area contributed by atoms with Gasteiger partial charge in [0.05, 0.1) is 25.8 Å². The van der Waals surface area contributed by atoms with Gasteiger partial charge in [-0.25, -0.2) is 8.78 Å². The van der Waals surface area contributed by atoms with Crippen LogP contribution in [0.5, 0.6) is 5.75 Å². The third kappa shape index (κ3) is 4.56. The van der Waals surface area contributed by atoms with E-state index in [0.717, 1.165) is 0 Å². The SMILES string of the molecule is COc1ccc(C(=O)NCC(F)F)cc1C#CCN. The van der Waals surface area contributed by atoms with E-state index in [4.69, 9.17) is 10.5 Å². The first-order valence-corrected chi connectivity index (χ1v) is 5.51. The Morgan fingerprint density at radius 1 is 1.53 bits per heavy atom. The smallest absolute Gasteiger partial charge is 0.255 e. The molecule has 0 fully saturated rings. The van der Waals surface area contributed by atoms with Crippen molar-refractivity contribution in [2.45, 2.75) is 6.43 Å². The van der Waals surface area contributed by atoms with Gasteiger partial charge < -0.3 is 15.8 Å². The molecule has 1 rings (SSSR count). The first-order chi connectivity index (χ1) is 9.08. The van der Waals surface area contributed by atoms with Crippen molar-refractivity contribution in [1.29, 1.82) is 0 Å². The molecule has 0 heterocycles. The molecule has 1 amide bonds. The van der Waals surface area contributed by atoms with Gasteiger partial charge in [-0.15, -0.1) is 0 Å². The van der Waals surface area contributed by atoms with Crippen molar-refractivity contribution in [2.24, 2.45) is 5.73 Å². The molecule has 6 heteroatoms. The monoisotopic (exact) mass is 268 g/mol. The second-order valence-electron chi connectivity index (χ2n) is 3.52. The molecule has 0 aliphatic heterocycles. The first kappa shape index (κ1) is 14.9. The van der Waals surface area contributed by atoms with Crippen molar-refractivity contribution in [3.8, 4) is 17.6 Å². The van der Waals surface area contributed by atoms with Crippen molar-refractivity contribution >= 4 is 5.91 Å². The lowest BCUT2D eigenvalue weighted by atomic mass is 10.1. The summed E-state index contributed by atoms with van der Waals surface area (Å²) in [5.74, 6) is 5.31. The van der Waals surface area contributed by atoms with Crippen LogP contribution < -0.4 is 15.8 Å². The minimum absolute atomic E-state index is 0.172. The summed E-state index contributed by atoms with van der Waals surface area (Å²) in [7, 11) is 1.47. The number of amides is 1. The highest BCUT2D eigenvalue weighted by atomic mass is 19.3. The molecule has 0 aliphatic carbocycles. The number of ether oxygens (including phenoxy) is 1. The van der Waals surface area contributed by atoms with Crippen LogP contribution in [0.25, 0.3) is 0 Å². The van der Waals surface area contributed by atoms with Crippen molar-refractivity contribution in [2.75, 3.05) is 20.2 Å². The van der Waals surface area contributed by atoms with Gasteiger partial charge >= 0.3 is 0 Å². The molecule has 0 unspecified atom stereocenters. The molecular weight excluding hydrogens is 254 g/mol. The highest BCUT2D eigenvalue weighted by Gasteiger charge is 2.11. The number of rotatable bonds is 4. The summed E-state index contributed by atoms with van der Waals surface area (Å²) in [6.45, 7) is -0.514. The Morgan fingerprint density at radius 3 is 2.84 bits per heavy atom. The molecule has 102 valence electrons. The highest BCUT2D eigenvalue weighted by Crippen LogP contribution is 2.18. The van der Waals surface area contributed by atoms with Crippen LogP contribution in [-0.2, 0) is 0 Å². The number of carbonyl (C=O) groups is 1. The number of benzene rings is 1. The van der Waals surface area contributed by atoms with Crippen molar-refractivity contribution < 1.29 is 18.3 Å². The Hall–Kier alpha value is -2.13. The van der Waals surface area contributed by atoms with Crippen molar-refractivity contribution in [3.05, 3.63) is 29.3 Å². The van der Waals surface area contributed by atoms with Gasteiger partial charge in [0.25, 0.3) is 12.3 Å². The second kappa shape index (κ2) is 7.34. The lowest BCUT2D eigenvalue weighted by Crippen LogP contribution is -2.28. The normalized spacial score (nSPS) is 9.74. The summed E-state index contributed by atoms with van der Waals surface area (Å²) >= 11 is 0. The summed E-state index contributed by atoms with van der Waals surface area (Å²) in [5.41, 5.74) is 5.99. The predicted octanol–water partition coefficient (Wildman–Crippen LogP) is 1.00. The maximum Gasteiger partial charge on any atom is 0.255 e. The van der Waals surface area contributed by atoms with Crippen molar-refractivity contribution in [1.82, 2.24) is 5.32 Å². The summed E-state index contributed by atoms with van der Waals surface area (Å²) in [6, 6.07) is 4.51. The summed E-state index contributed by atoms with van der Waals surface area (Å²) < 4.78 is 29.1. The Bertz CT molecular complexity index is 507. The zero-order valence-corrected chi connectivity index (χ0v) is 10.4. The average Bonchev–Trinajstić information content (AvgIpc) is 2.42. The fraction of sp³-hybridized carbons (Fsp3) is 0.308. The Balaban J connectivity index is 2.94. The number of alkyl halides is 2. The largest absolute Gasteiger partial charge is 0.495 e. The molecule has 0 spiro atoms. The number of nitrogens with one attached hydrogen (secondary N) is 1. The predicted molar refractivity (Wildman–Crippen MR) is 67.3 cm³/mol. The van der Waals surface area contributed by atoms with Gasteiger partial charge in [0.2, 0.25) is 0 Å². The second-order valence-corrected chi connectivity index (χ2v) is 3.52. The average molecular weight is 268 g/mol. The molecule has 19 heavy (non-hydrogen) atoms. The van der Waals surface area contributed by atoms with Gasteiger partial charge in [0.1, 0.15) is 5.75 Å². The van der Waals surface area contributed by atoms with Crippen LogP contribution in [0.3, 0.4) is 0 Å². The van der Waals surface area contributed by atoms with Crippen molar-refractivity contribution in [3.63, 3.8) is 0 Å². The summed E-state index contributed by atoms with van der Waals surface area (Å²) in [4.78, 5) is 11.6. The maximum atomic E-state index is 12.0.